The van der Waals surface area contributed by atoms with Gasteiger partial charge in [0, 0.05) is 18.2 Å². The monoisotopic (exact) mass is 262 g/mol. The molecule has 0 amide bonds. The van der Waals surface area contributed by atoms with Crippen molar-refractivity contribution in [3.8, 4) is 5.88 Å². The molecular weight excluding hydrogens is 248 g/mol. The molecule has 100 valence electrons. The van der Waals surface area contributed by atoms with Crippen molar-refractivity contribution in [2.45, 2.75) is 13.5 Å². The van der Waals surface area contributed by atoms with E-state index in [0.29, 0.717) is 18.2 Å². The predicted molar refractivity (Wildman–Crippen MR) is 68.5 cm³/mol. The Kier molecular flexibility index (Phi) is 3.70. The van der Waals surface area contributed by atoms with E-state index >= 15 is 0 Å². The Hall–Kier alpha value is -2.50. The Balaban J connectivity index is 2.03. The van der Waals surface area contributed by atoms with Gasteiger partial charge < -0.3 is 19.6 Å². The number of hydrogen-bond acceptors (Lipinski definition) is 5. The number of pyridine rings is 1. The molecule has 0 aliphatic rings. The topological polar surface area (TPSA) is 84.6 Å². The summed E-state index contributed by atoms with van der Waals surface area (Å²) in [5.74, 6) is 0.00666. The molecule has 0 aromatic carbocycles. The van der Waals surface area contributed by atoms with E-state index in [1.165, 1.54) is 6.07 Å². The molecule has 2 heterocycles. The van der Waals surface area contributed by atoms with E-state index in [2.05, 4.69) is 10.3 Å². The summed E-state index contributed by atoms with van der Waals surface area (Å²) in [6.45, 7) is 2.20. The van der Waals surface area contributed by atoms with Crippen LogP contribution in [0.15, 0.2) is 28.8 Å². The van der Waals surface area contributed by atoms with Crippen molar-refractivity contribution in [1.82, 2.24) is 4.98 Å². The molecule has 0 saturated heterocycles. The zero-order chi connectivity index (χ0) is 13.8. The summed E-state index contributed by atoms with van der Waals surface area (Å²) in [6.07, 6.45) is 1.65. The van der Waals surface area contributed by atoms with Crippen molar-refractivity contribution < 1.29 is 19.1 Å². The normalized spacial score (nSPS) is 10.2. The maximum absolute atomic E-state index is 10.8. The van der Waals surface area contributed by atoms with Crippen molar-refractivity contribution in [1.29, 1.82) is 0 Å². The first-order valence-corrected chi connectivity index (χ1v) is 5.66. The highest BCUT2D eigenvalue weighted by atomic mass is 16.5. The lowest BCUT2D eigenvalue weighted by molar-refractivity contribution is 0.0661. The fourth-order valence-corrected chi connectivity index (χ4v) is 1.60. The van der Waals surface area contributed by atoms with E-state index in [0.717, 1.165) is 11.3 Å². The zero-order valence-corrected chi connectivity index (χ0v) is 10.6. The number of hydrogen-bond donors (Lipinski definition) is 2. The van der Waals surface area contributed by atoms with E-state index in [4.69, 9.17) is 14.3 Å². The summed E-state index contributed by atoms with van der Waals surface area (Å²) in [7, 11) is 1.55. The quantitative estimate of drug-likeness (QED) is 0.860. The minimum absolute atomic E-state index is 0.0536. The number of nitrogens with zero attached hydrogens (tertiary/aromatic N) is 1. The number of aromatic nitrogens is 1. The van der Waals surface area contributed by atoms with Crippen molar-refractivity contribution in [3.05, 3.63) is 41.5 Å². The van der Waals surface area contributed by atoms with Gasteiger partial charge in [0.15, 0.2) is 0 Å². The van der Waals surface area contributed by atoms with E-state index in [-0.39, 0.29) is 5.76 Å². The Morgan fingerprint density at radius 2 is 2.32 bits per heavy atom. The van der Waals surface area contributed by atoms with Crippen molar-refractivity contribution >= 4 is 11.7 Å². The lowest BCUT2D eigenvalue weighted by Crippen LogP contribution is -2.00. The second-order valence-electron chi connectivity index (χ2n) is 3.94. The van der Waals surface area contributed by atoms with Gasteiger partial charge in [-0.25, -0.2) is 9.78 Å². The number of nitrogens with one attached hydrogen (secondary N) is 1. The number of carbonyl (C=O) groups is 1. The molecule has 0 aliphatic carbocycles. The van der Waals surface area contributed by atoms with Gasteiger partial charge in [0.1, 0.15) is 5.76 Å². The Labute approximate surface area is 110 Å². The molecule has 0 spiro atoms. The minimum Gasteiger partial charge on any atom is -0.481 e. The van der Waals surface area contributed by atoms with Gasteiger partial charge in [0.2, 0.25) is 11.6 Å². The number of carboxylic acids is 1. The lowest BCUT2D eigenvalue weighted by Gasteiger charge is -2.05. The van der Waals surface area contributed by atoms with Crippen molar-refractivity contribution in [3.63, 3.8) is 0 Å². The van der Waals surface area contributed by atoms with Crippen LogP contribution in [-0.2, 0) is 6.54 Å². The second kappa shape index (κ2) is 5.43. The van der Waals surface area contributed by atoms with Crippen LogP contribution in [0.3, 0.4) is 0 Å². The van der Waals surface area contributed by atoms with Crippen LogP contribution in [-0.4, -0.2) is 23.2 Å². The number of rotatable bonds is 5. The standard InChI is InChI=1S/C13H14N2O4/c1-8-9(5-11(19-8)13(16)17)6-14-10-3-4-12(18-2)15-7-10/h3-5,7,14H,6H2,1-2H3,(H,16,17). The summed E-state index contributed by atoms with van der Waals surface area (Å²) in [6, 6.07) is 5.09. The second-order valence-corrected chi connectivity index (χ2v) is 3.94. The third-order valence-electron chi connectivity index (χ3n) is 2.66. The SMILES string of the molecule is COc1ccc(NCc2cc(C(=O)O)oc2C)cn1. The first-order valence-electron chi connectivity index (χ1n) is 5.66. The van der Waals surface area contributed by atoms with Gasteiger partial charge in [-0.2, -0.15) is 0 Å². The fraction of sp³-hybridized carbons (Fsp3) is 0.231. The molecule has 0 aliphatic heterocycles. The molecule has 6 heteroatoms. The fourth-order valence-electron chi connectivity index (χ4n) is 1.60. The largest absolute Gasteiger partial charge is 0.481 e. The van der Waals surface area contributed by atoms with E-state index < -0.39 is 5.97 Å². The third kappa shape index (κ3) is 3.04. The van der Waals surface area contributed by atoms with Crippen LogP contribution >= 0.6 is 0 Å². The third-order valence-corrected chi connectivity index (χ3v) is 2.66. The van der Waals surface area contributed by atoms with Crippen LogP contribution in [0.2, 0.25) is 0 Å². The van der Waals surface area contributed by atoms with Gasteiger partial charge in [0.25, 0.3) is 0 Å². The number of furan rings is 1. The smallest absolute Gasteiger partial charge is 0.371 e. The maximum atomic E-state index is 10.8. The molecule has 0 radical (unpaired) electrons. The number of aryl methyl sites for hydroxylation is 1. The molecule has 2 N–H and O–H groups in total. The Morgan fingerprint density at radius 1 is 1.53 bits per heavy atom. The van der Waals surface area contributed by atoms with E-state index in [1.54, 1.807) is 26.3 Å². The van der Waals surface area contributed by atoms with Gasteiger partial charge in [-0.1, -0.05) is 0 Å². The molecule has 0 fully saturated rings. The van der Waals surface area contributed by atoms with Gasteiger partial charge in [-0.15, -0.1) is 0 Å². The molecule has 2 rings (SSSR count). The van der Waals surface area contributed by atoms with Gasteiger partial charge in [-0.3, -0.25) is 0 Å². The Bertz CT molecular complexity index is 575. The lowest BCUT2D eigenvalue weighted by atomic mass is 10.2. The number of ether oxygens (including phenoxy) is 1. The zero-order valence-electron chi connectivity index (χ0n) is 10.6. The van der Waals surface area contributed by atoms with Gasteiger partial charge in [0.05, 0.1) is 19.0 Å². The average molecular weight is 262 g/mol. The van der Waals surface area contributed by atoms with E-state index in [9.17, 15) is 4.79 Å². The summed E-state index contributed by atoms with van der Waals surface area (Å²) >= 11 is 0. The first kappa shape index (κ1) is 12.9. The summed E-state index contributed by atoms with van der Waals surface area (Å²) in [4.78, 5) is 14.8. The van der Waals surface area contributed by atoms with Gasteiger partial charge in [-0.05, 0) is 19.1 Å². The Morgan fingerprint density at radius 3 is 2.84 bits per heavy atom. The summed E-state index contributed by atoms with van der Waals surface area (Å²) in [5.41, 5.74) is 1.62. The molecule has 0 saturated carbocycles. The number of anilines is 1. The van der Waals surface area contributed by atoms with Crippen molar-refractivity contribution in [2.24, 2.45) is 0 Å². The highest BCUT2D eigenvalue weighted by Gasteiger charge is 2.12. The minimum atomic E-state index is -1.07. The van der Waals surface area contributed by atoms with Gasteiger partial charge >= 0.3 is 5.97 Å². The number of methoxy groups -OCH3 is 1. The molecule has 0 bridgehead atoms. The molecule has 2 aromatic heterocycles. The van der Waals surface area contributed by atoms with Crippen LogP contribution in [0.5, 0.6) is 5.88 Å². The molecule has 6 nitrogen and oxygen atoms in total. The summed E-state index contributed by atoms with van der Waals surface area (Å²) in [5, 5.41) is 12.0. The predicted octanol–water partition coefficient (Wildman–Crippen LogP) is 2.30. The molecule has 19 heavy (non-hydrogen) atoms. The average Bonchev–Trinajstić information content (AvgIpc) is 2.79. The van der Waals surface area contributed by atoms with Crippen LogP contribution in [0.4, 0.5) is 5.69 Å². The highest BCUT2D eigenvalue weighted by molar-refractivity contribution is 5.84. The van der Waals surface area contributed by atoms with Crippen LogP contribution in [0.25, 0.3) is 0 Å². The number of aromatic carboxylic acids is 1. The summed E-state index contributed by atoms with van der Waals surface area (Å²) < 4.78 is 10.1. The molecule has 0 unspecified atom stereocenters. The van der Waals surface area contributed by atoms with Crippen LogP contribution in [0.1, 0.15) is 21.9 Å². The van der Waals surface area contributed by atoms with Crippen LogP contribution < -0.4 is 10.1 Å². The van der Waals surface area contributed by atoms with Crippen molar-refractivity contribution in [2.75, 3.05) is 12.4 Å². The van der Waals surface area contributed by atoms with Crippen LogP contribution in [0, 0.1) is 6.92 Å². The first-order chi connectivity index (χ1) is 9.10. The molecular formula is C13H14N2O4. The highest BCUT2D eigenvalue weighted by Crippen LogP contribution is 2.17. The molecule has 0 atom stereocenters. The van der Waals surface area contributed by atoms with E-state index in [1.807, 2.05) is 6.07 Å². The number of carboxylic acid groups (broad SMARTS) is 1. The maximum Gasteiger partial charge on any atom is 0.371 e. The molecule has 2 aromatic rings.